The van der Waals surface area contributed by atoms with Gasteiger partial charge in [-0.05, 0) is 89.9 Å². The van der Waals surface area contributed by atoms with Crippen molar-refractivity contribution in [3.05, 3.63) is 109 Å². The number of rotatable bonds is 27. The molecule has 44 heavy (non-hydrogen) atoms. The summed E-state index contributed by atoms with van der Waals surface area (Å²) in [4.78, 5) is 20.6. The highest BCUT2D eigenvalue weighted by Gasteiger charge is 1.94. The molecule has 0 saturated heterocycles. The molecule has 0 rings (SSSR count). The van der Waals surface area contributed by atoms with E-state index in [-0.39, 0.29) is 6.42 Å². The number of carbonyl (C=O) groups is 2. The predicted octanol–water partition coefficient (Wildman–Crippen LogP) is 12.2. The van der Waals surface area contributed by atoms with Gasteiger partial charge in [-0.3, -0.25) is 9.59 Å². The summed E-state index contributed by atoms with van der Waals surface area (Å²) in [5.41, 5.74) is 0. The second-order valence-electron chi connectivity index (χ2n) is 10.4. The Labute approximate surface area is 270 Å². The summed E-state index contributed by atoms with van der Waals surface area (Å²) in [6.45, 7) is 4.38. The van der Waals surface area contributed by atoms with Crippen LogP contribution in [0.3, 0.4) is 0 Å². The third-order valence-electron chi connectivity index (χ3n) is 6.15. The zero-order chi connectivity index (χ0) is 32.6. The van der Waals surface area contributed by atoms with Gasteiger partial charge in [-0.15, -0.1) is 0 Å². The Morgan fingerprint density at radius 3 is 1.05 bits per heavy atom. The van der Waals surface area contributed by atoms with E-state index in [1.807, 2.05) is 12.2 Å². The Hall–Kier alpha value is -3.40. The Balaban J connectivity index is 0. The Bertz CT molecular complexity index is 910. The minimum Gasteiger partial charge on any atom is -0.481 e. The van der Waals surface area contributed by atoms with Gasteiger partial charge >= 0.3 is 11.9 Å². The lowest BCUT2D eigenvalue weighted by Crippen LogP contribution is -1.92. The molecule has 0 spiro atoms. The van der Waals surface area contributed by atoms with Crippen LogP contribution in [0.15, 0.2) is 109 Å². The second-order valence-corrected chi connectivity index (χ2v) is 10.4. The van der Waals surface area contributed by atoms with Gasteiger partial charge in [0.2, 0.25) is 0 Å². The number of hydrogen-bond acceptors (Lipinski definition) is 2. The molecular formula is C40H62O4. The van der Waals surface area contributed by atoms with E-state index >= 15 is 0 Å². The average molecular weight is 607 g/mol. The fourth-order valence-electron chi connectivity index (χ4n) is 3.67. The van der Waals surface area contributed by atoms with Crippen LogP contribution < -0.4 is 0 Å². The molecule has 0 radical (unpaired) electrons. The van der Waals surface area contributed by atoms with Crippen molar-refractivity contribution in [1.82, 2.24) is 0 Å². The molecule has 0 atom stereocenters. The van der Waals surface area contributed by atoms with Crippen molar-refractivity contribution in [1.29, 1.82) is 0 Å². The van der Waals surface area contributed by atoms with Crippen molar-refractivity contribution in [2.24, 2.45) is 0 Å². The zero-order valence-electron chi connectivity index (χ0n) is 27.8. The first-order valence-electron chi connectivity index (χ1n) is 16.8. The van der Waals surface area contributed by atoms with Crippen LogP contribution in [-0.2, 0) is 9.59 Å². The van der Waals surface area contributed by atoms with E-state index in [1.165, 1.54) is 25.7 Å². The van der Waals surface area contributed by atoms with Crippen LogP contribution in [0.2, 0.25) is 0 Å². The topological polar surface area (TPSA) is 74.6 Å². The number of carboxylic acid groups (broad SMARTS) is 2. The summed E-state index contributed by atoms with van der Waals surface area (Å²) in [6.07, 6.45) is 55.8. The molecule has 2 N–H and O–H groups in total. The summed E-state index contributed by atoms with van der Waals surface area (Å²) in [7, 11) is 0. The molecule has 0 fully saturated rings. The van der Waals surface area contributed by atoms with Crippen LogP contribution in [0, 0.1) is 0 Å². The van der Waals surface area contributed by atoms with Gasteiger partial charge in [0.25, 0.3) is 0 Å². The lowest BCUT2D eigenvalue weighted by molar-refractivity contribution is -0.138. The van der Waals surface area contributed by atoms with Crippen molar-refractivity contribution >= 4 is 11.9 Å². The van der Waals surface area contributed by atoms with Crippen LogP contribution in [0.25, 0.3) is 0 Å². The fraction of sp³-hybridized carbons (Fsp3) is 0.500. The SMILES string of the molecule is CCC=CCC=CCC=CCC=CCC=CC/C=C\CCC(=O)O.CCCCC/C=C\C/C=C\C/C=C\CCCCC(=O)O. The monoisotopic (exact) mass is 606 g/mol. The van der Waals surface area contributed by atoms with Gasteiger partial charge in [0, 0.05) is 12.8 Å². The zero-order valence-corrected chi connectivity index (χ0v) is 27.8. The second kappa shape index (κ2) is 39.6. The number of carboxylic acids is 2. The van der Waals surface area contributed by atoms with Crippen LogP contribution in [0.5, 0.6) is 0 Å². The molecule has 0 aliphatic carbocycles. The molecule has 4 nitrogen and oxygen atoms in total. The fourth-order valence-corrected chi connectivity index (χ4v) is 3.67. The maximum absolute atomic E-state index is 10.3. The first kappa shape index (κ1) is 42.7. The number of hydrogen-bond donors (Lipinski definition) is 2. The van der Waals surface area contributed by atoms with E-state index in [2.05, 4.69) is 111 Å². The van der Waals surface area contributed by atoms with Crippen LogP contribution >= 0.6 is 0 Å². The molecule has 0 aliphatic rings. The van der Waals surface area contributed by atoms with E-state index in [9.17, 15) is 9.59 Å². The van der Waals surface area contributed by atoms with Gasteiger partial charge < -0.3 is 10.2 Å². The molecule has 0 amide bonds. The maximum atomic E-state index is 10.3. The van der Waals surface area contributed by atoms with E-state index in [4.69, 9.17) is 10.2 Å². The molecule has 4 heteroatoms. The number of aliphatic carboxylic acids is 2. The van der Waals surface area contributed by atoms with Crippen LogP contribution in [0.4, 0.5) is 0 Å². The van der Waals surface area contributed by atoms with Crippen molar-refractivity contribution in [3.8, 4) is 0 Å². The molecule has 0 aliphatic heterocycles. The molecule has 246 valence electrons. The summed E-state index contributed by atoms with van der Waals surface area (Å²) >= 11 is 0. The van der Waals surface area contributed by atoms with Gasteiger partial charge in [-0.25, -0.2) is 0 Å². The molecule has 0 heterocycles. The Kier molecular flexibility index (Phi) is 38.5. The molecule has 0 aromatic rings. The van der Waals surface area contributed by atoms with Crippen molar-refractivity contribution in [3.63, 3.8) is 0 Å². The third kappa shape index (κ3) is 45.6. The minimum atomic E-state index is -0.741. The van der Waals surface area contributed by atoms with Gasteiger partial charge in [0.15, 0.2) is 0 Å². The van der Waals surface area contributed by atoms with E-state index in [0.717, 1.165) is 70.6 Å². The highest BCUT2D eigenvalue weighted by molar-refractivity contribution is 5.67. The number of allylic oxidation sites excluding steroid dienone is 18. The maximum Gasteiger partial charge on any atom is 0.303 e. The lowest BCUT2D eigenvalue weighted by Gasteiger charge is -1.92. The third-order valence-corrected chi connectivity index (χ3v) is 6.15. The normalized spacial score (nSPS) is 12.6. The minimum absolute atomic E-state index is 0.210. The van der Waals surface area contributed by atoms with Crippen molar-refractivity contribution in [2.45, 2.75) is 129 Å². The first-order chi connectivity index (χ1) is 21.5. The number of unbranched alkanes of at least 4 members (excludes halogenated alkanes) is 5. The Morgan fingerprint density at radius 2 is 0.705 bits per heavy atom. The standard InChI is InChI=1S/C22H32O2.C18H30O2/c1-2-3-4-5-6-7-8-9-10-11-12-13-14-15-16-17-18-19-20-21-22(23)24;1-2-3-4-5-6-7-8-9-10-11-12-13-14-15-16-17-18(19)20/h3-4,6-7,9-10,12-13,15-16,18-19H,2,5,8,11,14,17,20-21H2,1H3,(H,23,24);6-7,9-10,12-13H,2-5,8,11,14-17H2,1H3,(H,19,20)/b4-3?,7-6?,10-9?,13-12?,16-15?,19-18-;7-6-,10-9-,13-12-. The van der Waals surface area contributed by atoms with E-state index < -0.39 is 11.9 Å². The van der Waals surface area contributed by atoms with Gasteiger partial charge in [-0.2, -0.15) is 0 Å². The summed E-state index contributed by atoms with van der Waals surface area (Å²) in [6, 6.07) is 0. The molecule has 0 bridgehead atoms. The predicted molar refractivity (Wildman–Crippen MR) is 192 cm³/mol. The average Bonchev–Trinajstić information content (AvgIpc) is 3.00. The Morgan fingerprint density at radius 1 is 0.386 bits per heavy atom. The van der Waals surface area contributed by atoms with Crippen molar-refractivity contribution < 1.29 is 19.8 Å². The first-order valence-corrected chi connectivity index (χ1v) is 16.8. The molecule has 0 saturated carbocycles. The highest BCUT2D eigenvalue weighted by atomic mass is 16.4. The lowest BCUT2D eigenvalue weighted by atomic mass is 10.2. The van der Waals surface area contributed by atoms with Gasteiger partial charge in [0.05, 0.1) is 0 Å². The molecule has 0 aromatic heterocycles. The van der Waals surface area contributed by atoms with E-state index in [1.54, 1.807) is 0 Å². The summed E-state index contributed by atoms with van der Waals surface area (Å²) in [5, 5.41) is 17.0. The molecular weight excluding hydrogens is 544 g/mol. The van der Waals surface area contributed by atoms with Crippen LogP contribution in [0.1, 0.15) is 129 Å². The van der Waals surface area contributed by atoms with Crippen molar-refractivity contribution in [2.75, 3.05) is 0 Å². The molecule has 0 aromatic carbocycles. The summed E-state index contributed by atoms with van der Waals surface area (Å²) < 4.78 is 0. The molecule has 0 unspecified atom stereocenters. The van der Waals surface area contributed by atoms with Gasteiger partial charge in [0.1, 0.15) is 0 Å². The highest BCUT2D eigenvalue weighted by Crippen LogP contribution is 2.03. The largest absolute Gasteiger partial charge is 0.481 e. The smallest absolute Gasteiger partial charge is 0.303 e. The van der Waals surface area contributed by atoms with Gasteiger partial charge in [-0.1, -0.05) is 136 Å². The van der Waals surface area contributed by atoms with Crippen LogP contribution in [-0.4, -0.2) is 22.2 Å². The quantitative estimate of drug-likeness (QED) is 0.0720. The van der Waals surface area contributed by atoms with E-state index in [0.29, 0.717) is 12.8 Å². The summed E-state index contributed by atoms with van der Waals surface area (Å²) in [5.74, 6) is -1.44.